The Kier molecular flexibility index (Phi) is 7.77. The number of nitrogens with zero attached hydrogens (tertiary/aromatic N) is 3. The second-order valence-corrected chi connectivity index (χ2v) is 8.73. The summed E-state index contributed by atoms with van der Waals surface area (Å²) in [7, 11) is 1.63. The largest absolute Gasteiger partial charge is 0.383 e. The molecule has 0 spiro atoms. The molecule has 0 radical (unpaired) electrons. The first-order chi connectivity index (χ1) is 16.9. The number of likely N-dealkylation sites (tertiary alicyclic amines) is 1. The summed E-state index contributed by atoms with van der Waals surface area (Å²) in [6.45, 7) is 6.98. The molecule has 1 aliphatic rings. The predicted octanol–water partition coefficient (Wildman–Crippen LogP) is 4.39. The van der Waals surface area contributed by atoms with Crippen LogP contribution in [-0.4, -0.2) is 60.1 Å². The predicted molar refractivity (Wildman–Crippen MR) is 131 cm³/mol. The van der Waals surface area contributed by atoms with Gasteiger partial charge in [0.05, 0.1) is 24.0 Å². The first kappa shape index (κ1) is 24.8. The van der Waals surface area contributed by atoms with Crippen LogP contribution >= 0.6 is 0 Å². The van der Waals surface area contributed by atoms with Crippen molar-refractivity contribution in [2.75, 3.05) is 38.7 Å². The summed E-state index contributed by atoms with van der Waals surface area (Å²) in [6, 6.07) is 13.0. The molecule has 0 bridgehead atoms. The summed E-state index contributed by atoms with van der Waals surface area (Å²) >= 11 is 0. The Balaban J connectivity index is 1.56. The van der Waals surface area contributed by atoms with Crippen LogP contribution in [0.2, 0.25) is 0 Å². The normalized spacial score (nSPS) is 18.1. The summed E-state index contributed by atoms with van der Waals surface area (Å²) in [5.41, 5.74) is 3.75. The van der Waals surface area contributed by atoms with Gasteiger partial charge >= 0.3 is 6.03 Å². The number of ether oxygens (including phenoxy) is 1. The highest BCUT2D eigenvalue weighted by atomic mass is 19.2. The Morgan fingerprint density at radius 1 is 1.14 bits per heavy atom. The molecule has 0 saturated carbocycles. The first-order valence-corrected chi connectivity index (χ1v) is 11.8. The number of halogens is 2. The van der Waals surface area contributed by atoms with Crippen molar-refractivity contribution in [2.24, 2.45) is 0 Å². The number of benzene rings is 2. The van der Waals surface area contributed by atoms with E-state index in [9.17, 15) is 13.6 Å². The smallest absolute Gasteiger partial charge is 0.319 e. The molecule has 0 unspecified atom stereocenters. The molecule has 2 amide bonds. The molecule has 4 rings (SSSR count). The van der Waals surface area contributed by atoms with E-state index in [1.807, 2.05) is 48.9 Å². The van der Waals surface area contributed by atoms with E-state index in [0.717, 1.165) is 17.3 Å². The van der Waals surface area contributed by atoms with Gasteiger partial charge in [-0.15, -0.1) is 0 Å². The minimum absolute atomic E-state index is 0.194. The van der Waals surface area contributed by atoms with Crippen molar-refractivity contribution in [2.45, 2.75) is 32.4 Å². The van der Waals surface area contributed by atoms with Crippen LogP contribution in [0, 0.1) is 18.6 Å². The van der Waals surface area contributed by atoms with Crippen LogP contribution in [0.1, 0.15) is 24.1 Å². The Hall–Kier alpha value is -3.30. The molecular formula is C26H31F2N5O2. The molecule has 2 atom stereocenters. The molecule has 2 aromatic carbocycles. The molecule has 35 heavy (non-hydrogen) atoms. The number of rotatable bonds is 8. The highest BCUT2D eigenvalue weighted by Crippen LogP contribution is 2.31. The van der Waals surface area contributed by atoms with Crippen molar-refractivity contribution in [1.82, 2.24) is 20.0 Å². The number of carbonyl (C=O) groups is 1. The third-order valence-electron chi connectivity index (χ3n) is 6.49. The van der Waals surface area contributed by atoms with Gasteiger partial charge < -0.3 is 15.4 Å². The standard InChI is InChI=1S/C26H31F2N5O2/c1-4-33-17(2)24(25(31-33)18-8-6-5-7-9-18)30-26(34)29-23-16-32(12-13-35-3)15-20(23)19-10-11-21(27)22(28)14-19/h5-11,14,20,23H,4,12-13,15-16H2,1-3H3,(H2,29,30,34)/t20-,23+/m0/s1. The van der Waals surface area contributed by atoms with Crippen LogP contribution in [-0.2, 0) is 11.3 Å². The average Bonchev–Trinajstić information content (AvgIpc) is 3.40. The van der Waals surface area contributed by atoms with E-state index in [-0.39, 0.29) is 18.0 Å². The van der Waals surface area contributed by atoms with E-state index in [0.29, 0.717) is 49.7 Å². The fraction of sp³-hybridized carbons (Fsp3) is 0.385. The number of urea groups is 1. The summed E-state index contributed by atoms with van der Waals surface area (Å²) in [5.74, 6) is -1.97. The van der Waals surface area contributed by atoms with Gasteiger partial charge in [-0.2, -0.15) is 5.10 Å². The fourth-order valence-corrected chi connectivity index (χ4v) is 4.64. The topological polar surface area (TPSA) is 71.4 Å². The number of hydrogen-bond acceptors (Lipinski definition) is 4. The molecule has 3 aromatic rings. The van der Waals surface area contributed by atoms with Gasteiger partial charge in [-0.1, -0.05) is 36.4 Å². The van der Waals surface area contributed by atoms with Crippen LogP contribution < -0.4 is 10.6 Å². The molecule has 186 valence electrons. The maximum absolute atomic E-state index is 14.0. The highest BCUT2D eigenvalue weighted by Gasteiger charge is 2.35. The number of aryl methyl sites for hydroxylation is 1. The number of methoxy groups -OCH3 is 1. The molecule has 7 nitrogen and oxygen atoms in total. The third kappa shape index (κ3) is 5.52. The molecule has 1 aromatic heterocycles. The zero-order valence-electron chi connectivity index (χ0n) is 20.2. The van der Waals surface area contributed by atoms with E-state index in [4.69, 9.17) is 4.74 Å². The molecule has 1 aliphatic heterocycles. The number of amides is 2. The second-order valence-electron chi connectivity index (χ2n) is 8.73. The number of nitrogens with one attached hydrogen (secondary N) is 2. The van der Waals surface area contributed by atoms with Crippen LogP contribution in [0.4, 0.5) is 19.3 Å². The van der Waals surface area contributed by atoms with Crippen molar-refractivity contribution >= 4 is 11.7 Å². The Morgan fingerprint density at radius 2 is 1.91 bits per heavy atom. The lowest BCUT2D eigenvalue weighted by Crippen LogP contribution is -2.42. The molecule has 9 heteroatoms. The summed E-state index contributed by atoms with van der Waals surface area (Å²) in [6.07, 6.45) is 0. The minimum Gasteiger partial charge on any atom is -0.383 e. The van der Waals surface area contributed by atoms with Gasteiger partial charge in [0.25, 0.3) is 0 Å². The van der Waals surface area contributed by atoms with Gasteiger partial charge in [0.15, 0.2) is 11.6 Å². The zero-order valence-corrected chi connectivity index (χ0v) is 20.2. The molecule has 2 heterocycles. The van der Waals surface area contributed by atoms with Gasteiger partial charge in [0, 0.05) is 44.8 Å². The molecule has 0 aliphatic carbocycles. The van der Waals surface area contributed by atoms with Crippen LogP contribution in [0.5, 0.6) is 0 Å². The number of carbonyl (C=O) groups excluding carboxylic acids is 1. The Morgan fingerprint density at radius 3 is 2.60 bits per heavy atom. The van der Waals surface area contributed by atoms with Gasteiger partial charge in [-0.3, -0.25) is 9.58 Å². The van der Waals surface area contributed by atoms with Crippen molar-refractivity contribution in [3.05, 3.63) is 71.4 Å². The van der Waals surface area contributed by atoms with E-state index >= 15 is 0 Å². The van der Waals surface area contributed by atoms with E-state index < -0.39 is 11.6 Å². The minimum atomic E-state index is -0.892. The van der Waals surface area contributed by atoms with E-state index in [1.54, 1.807) is 13.2 Å². The zero-order chi connectivity index (χ0) is 24.9. The molecule has 1 fully saturated rings. The fourth-order valence-electron chi connectivity index (χ4n) is 4.64. The van der Waals surface area contributed by atoms with Crippen LogP contribution in [0.3, 0.4) is 0 Å². The van der Waals surface area contributed by atoms with Gasteiger partial charge in [0.1, 0.15) is 5.69 Å². The summed E-state index contributed by atoms with van der Waals surface area (Å²) < 4.78 is 34.6. The Bertz CT molecular complexity index is 1170. The maximum Gasteiger partial charge on any atom is 0.319 e. The second kappa shape index (κ2) is 11.0. The van der Waals surface area contributed by atoms with Crippen LogP contribution in [0.25, 0.3) is 11.3 Å². The van der Waals surface area contributed by atoms with Crippen LogP contribution in [0.15, 0.2) is 48.5 Å². The highest BCUT2D eigenvalue weighted by molar-refractivity contribution is 5.94. The lowest BCUT2D eigenvalue weighted by molar-refractivity contribution is 0.159. The van der Waals surface area contributed by atoms with Gasteiger partial charge in [-0.25, -0.2) is 13.6 Å². The lowest BCUT2D eigenvalue weighted by Gasteiger charge is -2.21. The third-order valence-corrected chi connectivity index (χ3v) is 6.49. The molecule has 1 saturated heterocycles. The lowest BCUT2D eigenvalue weighted by atomic mass is 9.94. The molecular weight excluding hydrogens is 452 g/mol. The van der Waals surface area contributed by atoms with Crippen molar-refractivity contribution in [1.29, 1.82) is 0 Å². The number of anilines is 1. The average molecular weight is 484 g/mol. The van der Waals surface area contributed by atoms with Gasteiger partial charge in [-0.05, 0) is 31.5 Å². The van der Waals surface area contributed by atoms with Gasteiger partial charge in [0.2, 0.25) is 0 Å². The van der Waals surface area contributed by atoms with Crippen molar-refractivity contribution in [3.8, 4) is 11.3 Å². The quantitative estimate of drug-likeness (QED) is 0.499. The first-order valence-electron chi connectivity index (χ1n) is 11.8. The van der Waals surface area contributed by atoms with E-state index in [1.165, 1.54) is 6.07 Å². The monoisotopic (exact) mass is 483 g/mol. The van der Waals surface area contributed by atoms with Crippen molar-refractivity contribution < 1.29 is 18.3 Å². The maximum atomic E-state index is 14.0. The van der Waals surface area contributed by atoms with Crippen molar-refractivity contribution in [3.63, 3.8) is 0 Å². The number of aromatic nitrogens is 2. The number of hydrogen-bond donors (Lipinski definition) is 2. The summed E-state index contributed by atoms with van der Waals surface area (Å²) in [5, 5.41) is 10.7. The van der Waals surface area contributed by atoms with E-state index in [2.05, 4.69) is 20.6 Å². The Labute approximate surface area is 204 Å². The summed E-state index contributed by atoms with van der Waals surface area (Å²) in [4.78, 5) is 15.3. The molecule has 2 N–H and O–H groups in total. The SMILES string of the molecule is CCn1nc(-c2ccccc2)c(NC(=O)N[C@@H]2CN(CCOC)C[C@H]2c2ccc(F)c(F)c2)c1C.